The molecule has 2 fully saturated rings. The smallest absolute Gasteiger partial charge is 0.0426 e. The van der Waals surface area contributed by atoms with Gasteiger partial charge in [-0.05, 0) is 50.0 Å². The largest absolute Gasteiger partial charge is 0.370 e. The molecule has 0 bridgehead atoms. The molecule has 0 saturated carbocycles. The summed E-state index contributed by atoms with van der Waals surface area (Å²) in [4.78, 5) is 5.17. The first-order valence-electron chi connectivity index (χ1n) is 7.11. The van der Waals surface area contributed by atoms with E-state index < -0.39 is 0 Å². The van der Waals surface area contributed by atoms with Crippen LogP contribution in [0, 0.1) is 0 Å². The second kappa shape index (κ2) is 6.02. The van der Waals surface area contributed by atoms with Crippen molar-refractivity contribution in [2.24, 2.45) is 0 Å². The molecule has 1 unspecified atom stereocenters. The SMILES string of the molecule is Clc1ccc(CBr)c(N2CCC(N3CCCC3)C2)c1. The lowest BCUT2D eigenvalue weighted by Crippen LogP contribution is -2.35. The van der Waals surface area contributed by atoms with Crippen molar-refractivity contribution in [3.63, 3.8) is 0 Å². The lowest BCUT2D eigenvalue weighted by Gasteiger charge is -2.25. The van der Waals surface area contributed by atoms with Gasteiger partial charge < -0.3 is 4.90 Å². The van der Waals surface area contributed by atoms with Crippen LogP contribution in [-0.2, 0) is 5.33 Å². The number of alkyl halides is 1. The van der Waals surface area contributed by atoms with Gasteiger partial charge in [0.1, 0.15) is 0 Å². The first-order chi connectivity index (χ1) is 9.28. The molecule has 2 aliphatic heterocycles. The fraction of sp³-hybridized carbons (Fsp3) is 0.600. The second-order valence-electron chi connectivity index (χ2n) is 5.54. The van der Waals surface area contributed by atoms with E-state index in [9.17, 15) is 0 Å². The maximum Gasteiger partial charge on any atom is 0.0426 e. The fourth-order valence-corrected chi connectivity index (χ4v) is 3.95. The predicted molar refractivity (Wildman–Crippen MR) is 85.5 cm³/mol. The van der Waals surface area contributed by atoms with Crippen molar-refractivity contribution in [2.75, 3.05) is 31.1 Å². The maximum absolute atomic E-state index is 6.16. The first-order valence-corrected chi connectivity index (χ1v) is 8.61. The van der Waals surface area contributed by atoms with Crippen molar-refractivity contribution in [1.82, 2.24) is 4.90 Å². The van der Waals surface area contributed by atoms with Crippen LogP contribution in [0.4, 0.5) is 5.69 Å². The lowest BCUT2D eigenvalue weighted by molar-refractivity contribution is 0.260. The molecule has 2 aliphatic rings. The normalized spacial score (nSPS) is 24.3. The average molecular weight is 344 g/mol. The number of nitrogens with zero attached hydrogens (tertiary/aromatic N) is 2. The van der Waals surface area contributed by atoms with Crippen LogP contribution >= 0.6 is 27.5 Å². The quantitative estimate of drug-likeness (QED) is 0.768. The van der Waals surface area contributed by atoms with E-state index in [0.29, 0.717) is 0 Å². The molecule has 2 heterocycles. The van der Waals surface area contributed by atoms with Gasteiger partial charge in [-0.15, -0.1) is 0 Å². The third-order valence-corrected chi connectivity index (χ3v) is 5.19. The minimum Gasteiger partial charge on any atom is -0.370 e. The zero-order chi connectivity index (χ0) is 13.2. The minimum absolute atomic E-state index is 0.740. The van der Waals surface area contributed by atoms with E-state index in [1.165, 1.54) is 43.6 Å². The number of benzene rings is 1. The molecule has 0 amide bonds. The molecule has 0 aliphatic carbocycles. The summed E-state index contributed by atoms with van der Waals surface area (Å²) in [6.07, 6.45) is 4.04. The number of anilines is 1. The van der Waals surface area contributed by atoms with Gasteiger partial charge in [-0.3, -0.25) is 4.90 Å². The van der Waals surface area contributed by atoms with Gasteiger partial charge in [0.15, 0.2) is 0 Å². The molecular weight excluding hydrogens is 324 g/mol. The summed E-state index contributed by atoms with van der Waals surface area (Å²) in [5.74, 6) is 0. The van der Waals surface area contributed by atoms with E-state index in [1.807, 2.05) is 6.07 Å². The molecule has 1 atom stereocenters. The Morgan fingerprint density at radius 1 is 1.21 bits per heavy atom. The number of halogens is 2. The summed E-state index contributed by atoms with van der Waals surface area (Å²) in [7, 11) is 0. The molecule has 19 heavy (non-hydrogen) atoms. The van der Waals surface area contributed by atoms with Crippen molar-refractivity contribution in [3.8, 4) is 0 Å². The van der Waals surface area contributed by atoms with Crippen molar-refractivity contribution >= 4 is 33.2 Å². The summed E-state index contributed by atoms with van der Waals surface area (Å²) in [6, 6.07) is 6.97. The summed E-state index contributed by atoms with van der Waals surface area (Å²) < 4.78 is 0. The summed E-state index contributed by atoms with van der Waals surface area (Å²) in [6.45, 7) is 4.89. The number of hydrogen-bond donors (Lipinski definition) is 0. The van der Waals surface area contributed by atoms with Gasteiger partial charge in [0.25, 0.3) is 0 Å². The summed E-state index contributed by atoms with van der Waals surface area (Å²) >= 11 is 9.74. The first kappa shape index (κ1) is 13.7. The molecule has 2 nitrogen and oxygen atoms in total. The van der Waals surface area contributed by atoms with Crippen molar-refractivity contribution < 1.29 is 0 Å². The third-order valence-electron chi connectivity index (χ3n) is 4.35. The Bertz CT molecular complexity index is 446. The minimum atomic E-state index is 0.740. The van der Waals surface area contributed by atoms with E-state index in [2.05, 4.69) is 37.9 Å². The van der Waals surface area contributed by atoms with E-state index >= 15 is 0 Å². The van der Waals surface area contributed by atoms with Gasteiger partial charge in [0.2, 0.25) is 0 Å². The highest BCUT2D eigenvalue weighted by Crippen LogP contribution is 2.31. The van der Waals surface area contributed by atoms with Gasteiger partial charge in [-0.1, -0.05) is 33.6 Å². The van der Waals surface area contributed by atoms with Crippen molar-refractivity contribution in [1.29, 1.82) is 0 Å². The average Bonchev–Trinajstić information content (AvgIpc) is 3.09. The zero-order valence-electron chi connectivity index (χ0n) is 11.1. The van der Waals surface area contributed by atoms with Crippen LogP contribution in [0.5, 0.6) is 0 Å². The van der Waals surface area contributed by atoms with Crippen LogP contribution in [0.25, 0.3) is 0 Å². The Morgan fingerprint density at radius 2 is 2.00 bits per heavy atom. The highest BCUT2D eigenvalue weighted by molar-refractivity contribution is 9.08. The molecule has 1 aromatic carbocycles. The number of hydrogen-bond acceptors (Lipinski definition) is 2. The molecular formula is C15H20BrClN2. The number of likely N-dealkylation sites (tertiary alicyclic amines) is 1. The van der Waals surface area contributed by atoms with E-state index in [4.69, 9.17) is 11.6 Å². The lowest BCUT2D eigenvalue weighted by atomic mass is 10.2. The molecule has 2 saturated heterocycles. The van der Waals surface area contributed by atoms with Crippen LogP contribution in [-0.4, -0.2) is 37.1 Å². The van der Waals surface area contributed by atoms with E-state index in [0.717, 1.165) is 29.5 Å². The fourth-order valence-electron chi connectivity index (χ4n) is 3.31. The van der Waals surface area contributed by atoms with Gasteiger partial charge in [-0.25, -0.2) is 0 Å². The molecule has 4 heteroatoms. The number of rotatable bonds is 3. The Morgan fingerprint density at radius 3 is 2.74 bits per heavy atom. The monoisotopic (exact) mass is 342 g/mol. The Kier molecular flexibility index (Phi) is 4.35. The topological polar surface area (TPSA) is 6.48 Å². The van der Waals surface area contributed by atoms with E-state index in [1.54, 1.807) is 0 Å². The zero-order valence-corrected chi connectivity index (χ0v) is 13.5. The van der Waals surface area contributed by atoms with Crippen LogP contribution in [0.3, 0.4) is 0 Å². The van der Waals surface area contributed by atoms with Crippen LogP contribution in [0.2, 0.25) is 5.02 Å². The standard InChI is InChI=1S/C15H20BrClN2/c16-10-12-3-4-13(17)9-15(12)19-8-5-14(11-19)18-6-1-2-7-18/h3-4,9,14H,1-2,5-8,10-11H2. The van der Waals surface area contributed by atoms with Crippen molar-refractivity contribution in [3.05, 3.63) is 28.8 Å². The molecule has 1 aromatic rings. The van der Waals surface area contributed by atoms with Gasteiger partial charge in [0, 0.05) is 35.2 Å². The third kappa shape index (κ3) is 2.93. The molecule has 0 radical (unpaired) electrons. The van der Waals surface area contributed by atoms with Crippen LogP contribution < -0.4 is 4.90 Å². The van der Waals surface area contributed by atoms with Crippen molar-refractivity contribution in [2.45, 2.75) is 30.6 Å². The van der Waals surface area contributed by atoms with Gasteiger partial charge >= 0.3 is 0 Å². The van der Waals surface area contributed by atoms with E-state index in [-0.39, 0.29) is 0 Å². The maximum atomic E-state index is 6.16. The molecule has 0 spiro atoms. The highest BCUT2D eigenvalue weighted by Gasteiger charge is 2.30. The second-order valence-corrected chi connectivity index (χ2v) is 6.54. The van der Waals surface area contributed by atoms with Gasteiger partial charge in [0.05, 0.1) is 0 Å². The summed E-state index contributed by atoms with van der Waals surface area (Å²) in [5, 5.41) is 1.73. The molecule has 104 valence electrons. The Hall–Kier alpha value is -0.250. The Labute approximate surface area is 128 Å². The van der Waals surface area contributed by atoms with Crippen LogP contribution in [0.1, 0.15) is 24.8 Å². The predicted octanol–water partition coefficient (Wildman–Crippen LogP) is 3.91. The van der Waals surface area contributed by atoms with Gasteiger partial charge in [-0.2, -0.15) is 0 Å². The highest BCUT2D eigenvalue weighted by atomic mass is 79.9. The molecule has 0 N–H and O–H groups in total. The molecule has 0 aromatic heterocycles. The van der Waals surface area contributed by atoms with Crippen LogP contribution in [0.15, 0.2) is 18.2 Å². The molecule has 3 rings (SSSR count). The Balaban J connectivity index is 1.75. The summed E-state index contributed by atoms with van der Waals surface area (Å²) in [5.41, 5.74) is 2.65.